The second-order valence-electron chi connectivity index (χ2n) is 4.20. The van der Waals surface area contributed by atoms with E-state index < -0.39 is 0 Å². The molecule has 0 aliphatic rings. The van der Waals surface area contributed by atoms with Crippen LogP contribution in [0.3, 0.4) is 0 Å². The van der Waals surface area contributed by atoms with Gasteiger partial charge in [-0.25, -0.2) is 0 Å². The largest absolute Gasteiger partial charge is 0.397 e. The van der Waals surface area contributed by atoms with Gasteiger partial charge in [0.1, 0.15) is 4.88 Å². The zero-order chi connectivity index (χ0) is 14.7. The van der Waals surface area contributed by atoms with Gasteiger partial charge >= 0.3 is 0 Å². The second kappa shape index (κ2) is 6.53. The number of aliphatic hydroxyl groups is 2. The van der Waals surface area contributed by atoms with Crippen LogP contribution in [0.5, 0.6) is 0 Å². The summed E-state index contributed by atoms with van der Waals surface area (Å²) in [7, 11) is 0. The first-order valence-corrected chi connectivity index (χ1v) is 7.68. The number of halogens is 1. The quantitative estimate of drug-likeness (QED) is 0.758. The third kappa shape index (κ3) is 2.80. The first-order valence-electron chi connectivity index (χ1n) is 6.07. The predicted octanol–water partition coefficient (Wildman–Crippen LogP) is 1.67. The molecular weight excluding hydrogens is 344 g/mol. The summed E-state index contributed by atoms with van der Waals surface area (Å²) in [5, 5.41) is 18.8. The van der Waals surface area contributed by atoms with Crippen molar-refractivity contribution in [3.8, 4) is 0 Å². The molecule has 1 aromatic heterocycles. The lowest BCUT2D eigenvalue weighted by atomic mass is 10.2. The van der Waals surface area contributed by atoms with Gasteiger partial charge in [0, 0.05) is 27.6 Å². The van der Waals surface area contributed by atoms with Crippen LogP contribution in [0.25, 0.3) is 10.1 Å². The fourth-order valence-corrected chi connectivity index (χ4v) is 3.82. The molecule has 0 aliphatic heterocycles. The van der Waals surface area contributed by atoms with Crippen molar-refractivity contribution in [1.29, 1.82) is 0 Å². The molecule has 2 rings (SSSR count). The monoisotopic (exact) mass is 358 g/mol. The summed E-state index contributed by atoms with van der Waals surface area (Å²) < 4.78 is 1.77. The van der Waals surface area contributed by atoms with E-state index in [0.717, 1.165) is 14.6 Å². The van der Waals surface area contributed by atoms with Gasteiger partial charge in [0.25, 0.3) is 5.91 Å². The number of fused-ring (bicyclic) bond motifs is 1. The summed E-state index contributed by atoms with van der Waals surface area (Å²) >= 11 is 4.75. The molecule has 0 aliphatic carbocycles. The Bertz CT molecular complexity index is 623. The molecule has 7 heteroatoms. The topological polar surface area (TPSA) is 86.8 Å². The van der Waals surface area contributed by atoms with Crippen LogP contribution in [-0.2, 0) is 0 Å². The third-order valence-electron chi connectivity index (χ3n) is 2.92. The molecule has 0 unspecified atom stereocenters. The number of nitrogens with zero attached hydrogens (tertiary/aromatic N) is 1. The SMILES string of the molecule is Nc1c(C(=O)N(CCO)CCO)sc2cccc(Br)c12. The minimum Gasteiger partial charge on any atom is -0.397 e. The average molecular weight is 359 g/mol. The Balaban J connectivity index is 2.44. The van der Waals surface area contributed by atoms with Crippen LogP contribution in [0.2, 0.25) is 0 Å². The van der Waals surface area contributed by atoms with Gasteiger partial charge in [0.15, 0.2) is 0 Å². The average Bonchev–Trinajstić information content (AvgIpc) is 2.76. The van der Waals surface area contributed by atoms with E-state index in [-0.39, 0.29) is 32.2 Å². The smallest absolute Gasteiger partial charge is 0.266 e. The second-order valence-corrected chi connectivity index (χ2v) is 6.10. The van der Waals surface area contributed by atoms with Crippen molar-refractivity contribution in [3.05, 3.63) is 27.5 Å². The van der Waals surface area contributed by atoms with Crippen molar-refractivity contribution in [1.82, 2.24) is 4.90 Å². The fourth-order valence-electron chi connectivity index (χ4n) is 1.99. The lowest BCUT2D eigenvalue weighted by molar-refractivity contribution is 0.0690. The van der Waals surface area contributed by atoms with E-state index in [1.807, 2.05) is 18.2 Å². The molecule has 0 fully saturated rings. The molecule has 0 spiro atoms. The van der Waals surface area contributed by atoms with Gasteiger partial charge in [-0.1, -0.05) is 22.0 Å². The normalized spacial score (nSPS) is 10.9. The molecule has 108 valence electrons. The summed E-state index contributed by atoms with van der Waals surface area (Å²) in [5.41, 5.74) is 6.51. The number of anilines is 1. The van der Waals surface area contributed by atoms with E-state index in [2.05, 4.69) is 15.9 Å². The fraction of sp³-hybridized carbons (Fsp3) is 0.308. The number of nitrogens with two attached hydrogens (primary N) is 1. The van der Waals surface area contributed by atoms with Crippen LogP contribution in [0.15, 0.2) is 22.7 Å². The maximum absolute atomic E-state index is 12.4. The van der Waals surface area contributed by atoms with Crippen LogP contribution in [0, 0.1) is 0 Å². The molecular formula is C13H15BrN2O3S. The molecule has 4 N–H and O–H groups in total. The summed E-state index contributed by atoms with van der Waals surface area (Å²) in [4.78, 5) is 14.3. The standard InChI is InChI=1S/C13H15BrN2O3S/c14-8-2-1-3-9-10(8)11(15)12(20-9)13(19)16(4-6-17)5-7-18/h1-3,17-18H,4-7,15H2. The maximum atomic E-state index is 12.4. The molecule has 0 atom stereocenters. The van der Waals surface area contributed by atoms with Crippen LogP contribution in [-0.4, -0.2) is 47.3 Å². The summed E-state index contributed by atoms with van der Waals surface area (Å²) in [6.07, 6.45) is 0. The highest BCUT2D eigenvalue weighted by molar-refractivity contribution is 9.10. The number of hydrogen-bond donors (Lipinski definition) is 3. The number of aliphatic hydroxyl groups excluding tert-OH is 2. The van der Waals surface area contributed by atoms with Crippen LogP contribution < -0.4 is 5.73 Å². The zero-order valence-corrected chi connectivity index (χ0v) is 13.1. The van der Waals surface area contributed by atoms with Crippen molar-refractivity contribution < 1.29 is 15.0 Å². The molecule has 0 radical (unpaired) electrons. The highest BCUT2D eigenvalue weighted by Gasteiger charge is 2.22. The van der Waals surface area contributed by atoms with Gasteiger partial charge in [0.05, 0.1) is 18.9 Å². The molecule has 0 saturated heterocycles. The van der Waals surface area contributed by atoms with Crippen LogP contribution in [0.1, 0.15) is 9.67 Å². The minimum absolute atomic E-state index is 0.153. The first-order chi connectivity index (χ1) is 9.60. The van der Waals surface area contributed by atoms with E-state index in [4.69, 9.17) is 15.9 Å². The van der Waals surface area contributed by atoms with E-state index >= 15 is 0 Å². The molecule has 1 aromatic carbocycles. The van der Waals surface area contributed by atoms with Crippen LogP contribution >= 0.6 is 27.3 Å². The highest BCUT2D eigenvalue weighted by atomic mass is 79.9. The Kier molecular flexibility index (Phi) is 4.98. The van der Waals surface area contributed by atoms with Crippen molar-refractivity contribution in [2.45, 2.75) is 0 Å². The van der Waals surface area contributed by atoms with Gasteiger partial charge in [0.2, 0.25) is 0 Å². The van der Waals surface area contributed by atoms with E-state index in [9.17, 15) is 4.79 Å². The van der Waals surface area contributed by atoms with Gasteiger partial charge in [-0.15, -0.1) is 11.3 Å². The van der Waals surface area contributed by atoms with Gasteiger partial charge in [-0.2, -0.15) is 0 Å². The molecule has 20 heavy (non-hydrogen) atoms. The molecule has 5 nitrogen and oxygen atoms in total. The Morgan fingerprint density at radius 2 is 1.95 bits per heavy atom. The number of carbonyl (C=O) groups is 1. The number of nitrogen functional groups attached to an aromatic ring is 1. The van der Waals surface area contributed by atoms with E-state index in [1.54, 1.807) is 0 Å². The Labute approximate surface area is 128 Å². The minimum atomic E-state index is -0.265. The van der Waals surface area contributed by atoms with Crippen molar-refractivity contribution >= 4 is 48.9 Å². The number of benzene rings is 1. The molecule has 1 heterocycles. The maximum Gasteiger partial charge on any atom is 0.266 e. The predicted molar refractivity (Wildman–Crippen MR) is 84.0 cm³/mol. The number of thiophene rings is 1. The van der Waals surface area contributed by atoms with Gasteiger partial charge in [-0.3, -0.25) is 4.79 Å². The lowest BCUT2D eigenvalue weighted by Crippen LogP contribution is -2.35. The Morgan fingerprint density at radius 3 is 2.50 bits per heavy atom. The Hall–Kier alpha value is -1.15. The summed E-state index contributed by atoms with van der Waals surface area (Å²) in [6, 6.07) is 5.66. The molecule has 0 bridgehead atoms. The van der Waals surface area contributed by atoms with Gasteiger partial charge in [-0.05, 0) is 12.1 Å². The highest BCUT2D eigenvalue weighted by Crippen LogP contribution is 2.38. The lowest BCUT2D eigenvalue weighted by Gasteiger charge is -2.20. The van der Waals surface area contributed by atoms with Crippen LogP contribution in [0.4, 0.5) is 5.69 Å². The van der Waals surface area contributed by atoms with Gasteiger partial charge < -0.3 is 20.8 Å². The number of rotatable bonds is 5. The molecule has 1 amide bonds. The van der Waals surface area contributed by atoms with E-state index in [1.165, 1.54) is 16.2 Å². The first kappa shape index (κ1) is 15.2. The molecule has 0 saturated carbocycles. The number of amides is 1. The third-order valence-corrected chi connectivity index (χ3v) is 4.74. The van der Waals surface area contributed by atoms with Crippen molar-refractivity contribution in [2.24, 2.45) is 0 Å². The summed E-state index contributed by atoms with van der Waals surface area (Å²) in [6.45, 7) is 0.0446. The van der Waals surface area contributed by atoms with Crippen molar-refractivity contribution in [3.63, 3.8) is 0 Å². The van der Waals surface area contributed by atoms with Crippen molar-refractivity contribution in [2.75, 3.05) is 32.0 Å². The zero-order valence-electron chi connectivity index (χ0n) is 10.7. The number of hydrogen-bond acceptors (Lipinski definition) is 5. The Morgan fingerprint density at radius 1 is 1.30 bits per heavy atom. The summed E-state index contributed by atoms with van der Waals surface area (Å²) in [5.74, 6) is -0.265. The molecule has 2 aromatic rings. The van der Waals surface area contributed by atoms with E-state index in [0.29, 0.717) is 10.6 Å². The number of carbonyl (C=O) groups excluding carboxylic acids is 1.